The van der Waals surface area contributed by atoms with E-state index in [1.54, 1.807) is 55.8 Å². The highest BCUT2D eigenvalue weighted by molar-refractivity contribution is 6.46. The number of likely N-dealkylation sites (tertiary alicyclic amines) is 1. The number of carbonyl (C=O) groups excluding carboxylic acids is 2. The second-order valence-corrected chi connectivity index (χ2v) is 7.13. The number of ether oxygens (including phenoxy) is 1. The molecule has 1 amide bonds. The molecule has 1 aliphatic rings. The van der Waals surface area contributed by atoms with E-state index in [1.807, 2.05) is 19.0 Å². The fraction of sp³-hybridized carbons (Fsp3) is 0.318. The molecule has 1 aromatic carbocycles. The van der Waals surface area contributed by atoms with E-state index < -0.39 is 17.7 Å². The van der Waals surface area contributed by atoms with Crippen LogP contribution in [0.15, 0.2) is 54.2 Å². The van der Waals surface area contributed by atoms with Crippen LogP contribution in [0.3, 0.4) is 0 Å². The number of ketones is 1. The van der Waals surface area contributed by atoms with Crippen LogP contribution in [0.4, 0.5) is 0 Å². The maximum atomic E-state index is 12.9. The van der Waals surface area contributed by atoms with Gasteiger partial charge in [-0.3, -0.25) is 14.6 Å². The lowest BCUT2D eigenvalue weighted by Gasteiger charge is -2.25. The van der Waals surface area contributed by atoms with Crippen LogP contribution in [0.2, 0.25) is 0 Å². The average Bonchev–Trinajstić information content (AvgIpc) is 2.98. The van der Waals surface area contributed by atoms with Gasteiger partial charge in [0, 0.05) is 18.3 Å². The molecule has 0 spiro atoms. The smallest absolute Gasteiger partial charge is 0.295 e. The quantitative estimate of drug-likeness (QED) is 0.441. The van der Waals surface area contributed by atoms with E-state index >= 15 is 0 Å². The highest BCUT2D eigenvalue weighted by atomic mass is 16.5. The number of hydrogen-bond donors (Lipinski definition) is 1. The Bertz CT molecular complexity index is 907. The molecule has 1 aromatic heterocycles. The van der Waals surface area contributed by atoms with Crippen LogP contribution in [0.25, 0.3) is 5.76 Å². The minimum Gasteiger partial charge on any atom is -0.507 e. The van der Waals surface area contributed by atoms with Gasteiger partial charge in [-0.05, 0) is 63.5 Å². The first-order valence-electron chi connectivity index (χ1n) is 9.42. The predicted molar refractivity (Wildman–Crippen MR) is 109 cm³/mol. The molecule has 0 bridgehead atoms. The normalized spacial score (nSPS) is 18.5. The minimum absolute atomic E-state index is 0.0590. The average molecular weight is 395 g/mol. The number of aliphatic hydroxyl groups is 1. The summed E-state index contributed by atoms with van der Waals surface area (Å²) in [6.45, 7) is 1.17. The molecule has 1 fully saturated rings. The van der Waals surface area contributed by atoms with Crippen molar-refractivity contribution < 1.29 is 19.4 Å². The molecular weight excluding hydrogens is 370 g/mol. The van der Waals surface area contributed by atoms with Gasteiger partial charge in [-0.2, -0.15) is 0 Å². The maximum Gasteiger partial charge on any atom is 0.295 e. The second-order valence-electron chi connectivity index (χ2n) is 7.13. The van der Waals surface area contributed by atoms with Crippen molar-refractivity contribution in [2.75, 3.05) is 34.3 Å². The van der Waals surface area contributed by atoms with Gasteiger partial charge in [-0.1, -0.05) is 6.07 Å². The van der Waals surface area contributed by atoms with Gasteiger partial charge in [0.15, 0.2) is 0 Å². The number of methoxy groups -OCH3 is 1. The van der Waals surface area contributed by atoms with E-state index in [4.69, 9.17) is 4.74 Å². The topological polar surface area (TPSA) is 83.0 Å². The minimum atomic E-state index is -0.722. The largest absolute Gasteiger partial charge is 0.507 e. The molecule has 0 radical (unpaired) electrons. The Labute approximate surface area is 170 Å². The highest BCUT2D eigenvalue weighted by Gasteiger charge is 2.46. The van der Waals surface area contributed by atoms with E-state index in [9.17, 15) is 14.7 Å². The monoisotopic (exact) mass is 395 g/mol. The van der Waals surface area contributed by atoms with Gasteiger partial charge in [0.25, 0.3) is 11.7 Å². The number of benzene rings is 1. The number of carbonyl (C=O) groups is 2. The molecule has 2 heterocycles. The summed E-state index contributed by atoms with van der Waals surface area (Å²) in [5, 5.41) is 10.9. The van der Waals surface area contributed by atoms with Gasteiger partial charge in [0.2, 0.25) is 0 Å². The van der Waals surface area contributed by atoms with Gasteiger partial charge in [0.1, 0.15) is 17.6 Å². The molecule has 0 saturated carbocycles. The van der Waals surface area contributed by atoms with Crippen LogP contribution in [0.1, 0.15) is 23.7 Å². The van der Waals surface area contributed by atoms with E-state index in [0.717, 1.165) is 6.54 Å². The zero-order valence-corrected chi connectivity index (χ0v) is 16.8. The molecule has 1 aliphatic heterocycles. The van der Waals surface area contributed by atoms with Crippen molar-refractivity contribution in [3.63, 3.8) is 0 Å². The molecule has 3 rings (SSSR count). The summed E-state index contributed by atoms with van der Waals surface area (Å²) in [5.74, 6) is -0.892. The van der Waals surface area contributed by atoms with Crippen LogP contribution in [-0.4, -0.2) is 65.9 Å². The first-order chi connectivity index (χ1) is 13.9. The molecule has 29 heavy (non-hydrogen) atoms. The van der Waals surface area contributed by atoms with E-state index in [2.05, 4.69) is 4.98 Å². The third-order valence-electron chi connectivity index (χ3n) is 4.88. The predicted octanol–water partition coefficient (Wildman–Crippen LogP) is 2.46. The lowest BCUT2D eigenvalue weighted by molar-refractivity contribution is -0.140. The summed E-state index contributed by atoms with van der Waals surface area (Å²) < 4.78 is 5.14. The second kappa shape index (κ2) is 8.87. The van der Waals surface area contributed by atoms with Crippen LogP contribution in [0, 0.1) is 0 Å². The van der Waals surface area contributed by atoms with Gasteiger partial charge in [-0.15, -0.1) is 0 Å². The molecule has 7 nitrogen and oxygen atoms in total. The zero-order chi connectivity index (χ0) is 21.0. The van der Waals surface area contributed by atoms with E-state index in [1.165, 1.54) is 4.90 Å². The lowest BCUT2D eigenvalue weighted by Crippen LogP contribution is -2.32. The summed E-state index contributed by atoms with van der Waals surface area (Å²) in [7, 11) is 5.46. The van der Waals surface area contributed by atoms with Gasteiger partial charge in [-0.25, -0.2) is 0 Å². The number of aliphatic hydroxyl groups excluding tert-OH is 1. The van der Waals surface area contributed by atoms with E-state index in [-0.39, 0.29) is 11.3 Å². The Balaban J connectivity index is 2.05. The molecule has 0 aliphatic carbocycles. The number of rotatable bonds is 7. The number of amides is 1. The summed E-state index contributed by atoms with van der Waals surface area (Å²) in [4.78, 5) is 33.5. The maximum absolute atomic E-state index is 12.9. The van der Waals surface area contributed by atoms with Gasteiger partial charge in [0.05, 0.1) is 18.4 Å². The third kappa shape index (κ3) is 4.30. The number of pyridine rings is 1. The van der Waals surface area contributed by atoms with Crippen molar-refractivity contribution in [2.45, 2.75) is 12.5 Å². The summed E-state index contributed by atoms with van der Waals surface area (Å²) in [6.07, 6.45) is 2.31. The Hall–Kier alpha value is -3.19. The summed E-state index contributed by atoms with van der Waals surface area (Å²) in [5.41, 5.74) is 1.05. The standard InChI is InChI=1S/C22H25N3O4/c1-24(2)13-6-14-25-19(17-7-4-5-12-23-17)18(21(27)22(25)28)20(26)15-8-10-16(29-3)11-9-15/h4-5,7-12,19,26H,6,13-14H2,1-3H3/b20-18+. The first kappa shape index (κ1) is 20.5. The fourth-order valence-corrected chi connectivity index (χ4v) is 3.42. The molecule has 1 atom stereocenters. The van der Waals surface area contributed by atoms with Crippen molar-refractivity contribution in [3.05, 3.63) is 65.5 Å². The van der Waals surface area contributed by atoms with Crippen molar-refractivity contribution in [3.8, 4) is 5.75 Å². The molecule has 7 heteroatoms. The molecular formula is C22H25N3O4. The fourth-order valence-electron chi connectivity index (χ4n) is 3.42. The molecule has 2 aromatic rings. The van der Waals surface area contributed by atoms with Crippen molar-refractivity contribution in [2.24, 2.45) is 0 Å². The Morgan fingerprint density at radius 1 is 1.17 bits per heavy atom. The Kier molecular flexibility index (Phi) is 6.29. The number of aromatic nitrogens is 1. The Morgan fingerprint density at radius 3 is 2.48 bits per heavy atom. The van der Waals surface area contributed by atoms with E-state index in [0.29, 0.717) is 30.0 Å². The Morgan fingerprint density at radius 2 is 1.90 bits per heavy atom. The lowest BCUT2D eigenvalue weighted by atomic mass is 9.98. The number of nitrogens with zero attached hydrogens (tertiary/aromatic N) is 3. The molecule has 1 N–H and O–H groups in total. The highest BCUT2D eigenvalue weighted by Crippen LogP contribution is 2.38. The molecule has 152 valence electrons. The zero-order valence-electron chi connectivity index (χ0n) is 16.8. The van der Waals surface area contributed by atoms with Crippen molar-refractivity contribution in [1.29, 1.82) is 0 Å². The van der Waals surface area contributed by atoms with Crippen LogP contribution >= 0.6 is 0 Å². The summed E-state index contributed by atoms with van der Waals surface area (Å²) >= 11 is 0. The SMILES string of the molecule is COc1ccc(/C(O)=C2\C(=O)C(=O)N(CCCN(C)C)C2c2ccccn2)cc1. The third-order valence-corrected chi connectivity index (χ3v) is 4.88. The molecule has 1 unspecified atom stereocenters. The van der Waals surface area contributed by atoms with Crippen LogP contribution in [-0.2, 0) is 9.59 Å². The van der Waals surface area contributed by atoms with Crippen LogP contribution < -0.4 is 4.74 Å². The van der Waals surface area contributed by atoms with Gasteiger partial charge < -0.3 is 19.6 Å². The van der Waals surface area contributed by atoms with Crippen molar-refractivity contribution in [1.82, 2.24) is 14.8 Å². The number of hydrogen-bond acceptors (Lipinski definition) is 6. The summed E-state index contributed by atoms with van der Waals surface area (Å²) in [6, 6.07) is 11.3. The molecule has 1 saturated heterocycles. The van der Waals surface area contributed by atoms with Gasteiger partial charge >= 0.3 is 0 Å². The van der Waals surface area contributed by atoms with Crippen molar-refractivity contribution >= 4 is 17.4 Å². The first-order valence-corrected chi connectivity index (χ1v) is 9.42. The number of Topliss-reactive ketones (excluding diaryl/α,β-unsaturated/α-hetero) is 1. The van der Waals surface area contributed by atoms with Crippen LogP contribution in [0.5, 0.6) is 5.75 Å².